The fourth-order valence-corrected chi connectivity index (χ4v) is 3.36. The minimum absolute atomic E-state index is 0.0387. The SMILES string of the molecule is CCCCc1ccc(-n2nc3ccc(NC(=O)COc4ccccc4[N+](=O)[O-])cc3n2)cc1. The highest BCUT2D eigenvalue weighted by molar-refractivity contribution is 5.93. The van der Waals surface area contributed by atoms with E-state index >= 15 is 0 Å². The van der Waals surface area contributed by atoms with Gasteiger partial charge in [0.05, 0.1) is 10.6 Å². The van der Waals surface area contributed by atoms with Crippen LogP contribution in [0.3, 0.4) is 0 Å². The average molecular weight is 445 g/mol. The Balaban J connectivity index is 1.42. The van der Waals surface area contributed by atoms with Crippen molar-refractivity contribution in [1.82, 2.24) is 15.0 Å². The number of aromatic nitrogens is 3. The highest BCUT2D eigenvalue weighted by Crippen LogP contribution is 2.25. The van der Waals surface area contributed by atoms with Gasteiger partial charge >= 0.3 is 5.69 Å². The Bertz CT molecular complexity index is 1280. The molecule has 0 atom stereocenters. The molecule has 3 aromatic carbocycles. The summed E-state index contributed by atoms with van der Waals surface area (Å²) in [4.78, 5) is 24.4. The summed E-state index contributed by atoms with van der Waals surface area (Å²) in [5.74, 6) is -0.403. The fourth-order valence-electron chi connectivity index (χ4n) is 3.36. The van der Waals surface area contributed by atoms with Crippen molar-refractivity contribution >= 4 is 28.3 Å². The highest BCUT2D eigenvalue weighted by atomic mass is 16.6. The number of para-hydroxylation sites is 2. The number of rotatable bonds is 9. The molecule has 4 rings (SSSR count). The molecule has 9 nitrogen and oxygen atoms in total. The van der Waals surface area contributed by atoms with Gasteiger partial charge in [-0.15, -0.1) is 10.2 Å². The molecule has 0 aliphatic carbocycles. The van der Waals surface area contributed by atoms with Crippen LogP contribution in [0.5, 0.6) is 5.75 Å². The maximum atomic E-state index is 12.3. The van der Waals surface area contributed by atoms with Crippen molar-refractivity contribution in [3.05, 3.63) is 82.4 Å². The van der Waals surface area contributed by atoms with Crippen LogP contribution in [-0.4, -0.2) is 32.4 Å². The van der Waals surface area contributed by atoms with Gasteiger partial charge in [-0.1, -0.05) is 37.6 Å². The Labute approximate surface area is 190 Å². The number of carbonyl (C=O) groups excluding carboxylic acids is 1. The summed E-state index contributed by atoms with van der Waals surface area (Å²) in [6.45, 7) is 1.81. The lowest BCUT2D eigenvalue weighted by Gasteiger charge is -2.07. The second-order valence-electron chi connectivity index (χ2n) is 7.52. The molecule has 1 aromatic heterocycles. The van der Waals surface area contributed by atoms with Crippen LogP contribution in [0.4, 0.5) is 11.4 Å². The van der Waals surface area contributed by atoms with Crippen molar-refractivity contribution in [3.8, 4) is 11.4 Å². The normalized spacial score (nSPS) is 10.8. The van der Waals surface area contributed by atoms with Crippen molar-refractivity contribution in [1.29, 1.82) is 0 Å². The summed E-state index contributed by atoms with van der Waals surface area (Å²) in [6.07, 6.45) is 3.37. The maximum Gasteiger partial charge on any atom is 0.310 e. The lowest BCUT2D eigenvalue weighted by atomic mass is 10.1. The molecule has 0 unspecified atom stereocenters. The number of nitro benzene ring substituents is 1. The first-order valence-electron chi connectivity index (χ1n) is 10.7. The zero-order valence-corrected chi connectivity index (χ0v) is 18.1. The zero-order chi connectivity index (χ0) is 23.2. The number of carbonyl (C=O) groups is 1. The number of ether oxygens (including phenoxy) is 1. The number of fused-ring (bicyclic) bond motifs is 1. The van der Waals surface area contributed by atoms with Crippen LogP contribution in [0.25, 0.3) is 16.7 Å². The number of aryl methyl sites for hydroxylation is 1. The summed E-state index contributed by atoms with van der Waals surface area (Å²) in [5.41, 5.74) is 3.80. The number of hydrogen-bond acceptors (Lipinski definition) is 6. The molecule has 0 aliphatic heterocycles. The molecule has 1 heterocycles. The molecule has 33 heavy (non-hydrogen) atoms. The monoisotopic (exact) mass is 445 g/mol. The van der Waals surface area contributed by atoms with Crippen molar-refractivity contribution in [2.45, 2.75) is 26.2 Å². The second kappa shape index (κ2) is 9.90. The number of amides is 1. The van der Waals surface area contributed by atoms with Gasteiger partial charge in [0.1, 0.15) is 11.0 Å². The lowest BCUT2D eigenvalue weighted by Crippen LogP contribution is -2.20. The van der Waals surface area contributed by atoms with Crippen LogP contribution in [-0.2, 0) is 11.2 Å². The third-order valence-electron chi connectivity index (χ3n) is 5.07. The molecule has 9 heteroatoms. The standard InChI is InChI=1S/C24H23N5O4/c1-2-3-6-17-9-12-19(13-10-17)28-26-20-14-11-18(15-21(20)27-28)25-24(30)16-33-23-8-5-4-7-22(23)29(31)32/h4-5,7-15H,2-3,6,16H2,1H3,(H,25,30). The topological polar surface area (TPSA) is 112 Å². The molecule has 0 bridgehead atoms. The lowest BCUT2D eigenvalue weighted by molar-refractivity contribution is -0.385. The highest BCUT2D eigenvalue weighted by Gasteiger charge is 2.15. The summed E-state index contributed by atoms with van der Waals surface area (Å²) in [6, 6.07) is 19.3. The van der Waals surface area contributed by atoms with E-state index in [-0.39, 0.29) is 18.0 Å². The van der Waals surface area contributed by atoms with Gasteiger partial charge < -0.3 is 10.1 Å². The molecule has 1 N–H and O–H groups in total. The molecule has 0 radical (unpaired) electrons. The largest absolute Gasteiger partial charge is 0.477 e. The van der Waals surface area contributed by atoms with Gasteiger partial charge in [0.2, 0.25) is 0 Å². The van der Waals surface area contributed by atoms with Crippen molar-refractivity contribution < 1.29 is 14.5 Å². The summed E-state index contributed by atoms with van der Waals surface area (Å²) >= 11 is 0. The van der Waals surface area contributed by atoms with Gasteiger partial charge in [-0.05, 0) is 54.8 Å². The second-order valence-corrected chi connectivity index (χ2v) is 7.52. The van der Waals surface area contributed by atoms with Crippen LogP contribution >= 0.6 is 0 Å². The van der Waals surface area contributed by atoms with Crippen molar-refractivity contribution in [2.75, 3.05) is 11.9 Å². The van der Waals surface area contributed by atoms with E-state index in [1.165, 1.54) is 23.8 Å². The Hall–Kier alpha value is -4.27. The fraction of sp³-hybridized carbons (Fsp3) is 0.208. The average Bonchev–Trinajstić information content (AvgIpc) is 3.25. The van der Waals surface area contributed by atoms with Crippen LogP contribution < -0.4 is 10.1 Å². The number of nitrogens with zero attached hydrogens (tertiary/aromatic N) is 4. The van der Waals surface area contributed by atoms with E-state index in [2.05, 4.69) is 34.6 Å². The molecular formula is C24H23N5O4. The summed E-state index contributed by atoms with van der Waals surface area (Å²) in [7, 11) is 0. The number of hydrogen-bond donors (Lipinski definition) is 1. The minimum atomic E-state index is -0.552. The van der Waals surface area contributed by atoms with E-state index in [0.717, 1.165) is 24.9 Å². The van der Waals surface area contributed by atoms with Gasteiger partial charge in [0.25, 0.3) is 5.91 Å². The van der Waals surface area contributed by atoms with E-state index in [1.54, 1.807) is 29.1 Å². The van der Waals surface area contributed by atoms with Crippen LogP contribution in [0, 0.1) is 10.1 Å². The van der Waals surface area contributed by atoms with Gasteiger partial charge in [-0.3, -0.25) is 14.9 Å². The van der Waals surface area contributed by atoms with Crippen molar-refractivity contribution in [3.63, 3.8) is 0 Å². The predicted molar refractivity (Wildman–Crippen MR) is 125 cm³/mol. The molecule has 0 saturated carbocycles. The van der Waals surface area contributed by atoms with E-state index in [1.807, 2.05) is 12.1 Å². The van der Waals surface area contributed by atoms with E-state index in [9.17, 15) is 14.9 Å². The summed E-state index contributed by atoms with van der Waals surface area (Å²) in [5, 5.41) is 22.8. The number of nitro groups is 1. The number of anilines is 1. The van der Waals surface area contributed by atoms with Gasteiger partial charge in [0, 0.05) is 11.8 Å². The molecule has 0 aliphatic rings. The molecule has 0 fully saturated rings. The molecule has 0 spiro atoms. The van der Waals surface area contributed by atoms with E-state index in [4.69, 9.17) is 4.74 Å². The molecule has 1 amide bonds. The Morgan fingerprint density at radius 1 is 1.06 bits per heavy atom. The summed E-state index contributed by atoms with van der Waals surface area (Å²) < 4.78 is 5.33. The third kappa shape index (κ3) is 5.32. The Morgan fingerprint density at radius 3 is 2.58 bits per heavy atom. The number of nitrogens with one attached hydrogen (secondary N) is 1. The molecule has 4 aromatic rings. The quantitative estimate of drug-likeness (QED) is 0.295. The Kier molecular flexibility index (Phi) is 6.58. The third-order valence-corrected chi connectivity index (χ3v) is 5.07. The van der Waals surface area contributed by atoms with Crippen LogP contribution in [0.2, 0.25) is 0 Å². The predicted octanol–water partition coefficient (Wildman–Crippen LogP) is 4.69. The molecule has 0 saturated heterocycles. The maximum absolute atomic E-state index is 12.3. The first kappa shape index (κ1) is 21.9. The van der Waals surface area contributed by atoms with Crippen molar-refractivity contribution in [2.24, 2.45) is 0 Å². The molecule has 168 valence electrons. The van der Waals surface area contributed by atoms with Gasteiger partial charge in [-0.25, -0.2) is 0 Å². The van der Waals surface area contributed by atoms with Crippen LogP contribution in [0.15, 0.2) is 66.7 Å². The number of unbranched alkanes of at least 4 members (excludes halogenated alkanes) is 1. The smallest absolute Gasteiger partial charge is 0.310 e. The minimum Gasteiger partial charge on any atom is -0.477 e. The number of benzene rings is 3. The Morgan fingerprint density at radius 2 is 1.82 bits per heavy atom. The van der Waals surface area contributed by atoms with Gasteiger partial charge in [-0.2, -0.15) is 4.80 Å². The zero-order valence-electron chi connectivity index (χ0n) is 18.1. The van der Waals surface area contributed by atoms with Gasteiger partial charge in [0.15, 0.2) is 12.4 Å². The van der Waals surface area contributed by atoms with E-state index < -0.39 is 10.8 Å². The molecular weight excluding hydrogens is 422 g/mol. The first-order valence-corrected chi connectivity index (χ1v) is 10.7. The van der Waals surface area contributed by atoms with E-state index in [0.29, 0.717) is 16.7 Å². The van der Waals surface area contributed by atoms with Crippen LogP contribution in [0.1, 0.15) is 25.3 Å². The first-order chi connectivity index (χ1) is 16.0.